The van der Waals surface area contributed by atoms with Gasteiger partial charge in [0.25, 0.3) is 0 Å². The van der Waals surface area contributed by atoms with Crippen molar-refractivity contribution in [1.29, 1.82) is 0 Å². The van der Waals surface area contributed by atoms with Crippen LogP contribution in [0.1, 0.15) is 39.2 Å². The van der Waals surface area contributed by atoms with E-state index >= 15 is 0 Å². The smallest absolute Gasteiger partial charge is 0.203 e. The first-order valence-electron chi connectivity index (χ1n) is 10.1. The number of rotatable bonds is 8. The molecule has 1 fully saturated rings. The Morgan fingerprint density at radius 2 is 1.71 bits per heavy atom. The summed E-state index contributed by atoms with van der Waals surface area (Å²) in [5.41, 5.74) is 1.00. The number of nitrogens with zero attached hydrogens (tertiary/aromatic N) is 2. The van der Waals surface area contributed by atoms with Crippen molar-refractivity contribution in [2.45, 2.75) is 52.2 Å². The molecule has 7 heteroatoms. The van der Waals surface area contributed by atoms with Crippen molar-refractivity contribution in [3.63, 3.8) is 0 Å². The minimum Gasteiger partial charge on any atom is -0.493 e. The number of guanidine groups is 1. The topological polar surface area (TPSA) is 67.4 Å². The number of hydrogen-bond acceptors (Lipinski definition) is 5. The maximum atomic E-state index is 5.44. The van der Waals surface area contributed by atoms with Gasteiger partial charge in [0, 0.05) is 31.7 Å². The van der Waals surface area contributed by atoms with Gasteiger partial charge < -0.3 is 29.7 Å². The van der Waals surface area contributed by atoms with Gasteiger partial charge in [0.2, 0.25) is 5.75 Å². The van der Waals surface area contributed by atoms with E-state index in [0.717, 1.165) is 44.0 Å². The minimum atomic E-state index is 0.452. The van der Waals surface area contributed by atoms with Crippen LogP contribution >= 0.6 is 0 Å². The van der Waals surface area contributed by atoms with Crippen molar-refractivity contribution < 1.29 is 14.2 Å². The van der Waals surface area contributed by atoms with Crippen LogP contribution in [0.3, 0.4) is 0 Å². The van der Waals surface area contributed by atoms with Crippen LogP contribution < -0.4 is 24.8 Å². The second kappa shape index (κ2) is 11.0. The highest BCUT2D eigenvalue weighted by Gasteiger charge is 2.21. The van der Waals surface area contributed by atoms with E-state index in [0.29, 0.717) is 35.9 Å². The Kier molecular flexibility index (Phi) is 8.70. The zero-order valence-electron chi connectivity index (χ0n) is 18.2. The number of likely N-dealkylation sites (tertiary alicyclic amines) is 1. The fourth-order valence-electron chi connectivity index (χ4n) is 3.47. The molecule has 1 heterocycles. The Morgan fingerprint density at radius 3 is 2.18 bits per heavy atom. The fraction of sp³-hybridized carbons (Fsp3) is 0.667. The highest BCUT2D eigenvalue weighted by Crippen LogP contribution is 2.38. The highest BCUT2D eigenvalue weighted by molar-refractivity contribution is 5.80. The molecule has 1 aliphatic rings. The first-order chi connectivity index (χ1) is 13.5. The quantitative estimate of drug-likeness (QED) is 0.524. The van der Waals surface area contributed by atoms with Crippen molar-refractivity contribution in [3.8, 4) is 17.2 Å². The molecule has 1 aromatic carbocycles. The Labute approximate surface area is 169 Å². The monoisotopic (exact) mass is 392 g/mol. The van der Waals surface area contributed by atoms with Gasteiger partial charge in [-0.3, -0.25) is 0 Å². The predicted molar refractivity (Wildman–Crippen MR) is 114 cm³/mol. The van der Waals surface area contributed by atoms with E-state index in [2.05, 4.69) is 36.3 Å². The maximum Gasteiger partial charge on any atom is 0.203 e. The molecule has 1 aromatic rings. The van der Waals surface area contributed by atoms with E-state index in [9.17, 15) is 0 Å². The standard InChI is InChI=1S/C21H36N4O3/c1-7-22-21(24-17-8-10-25(11-9-17)15(2)3)23-14-16-12-18(26-4)20(28-6)19(13-16)27-5/h12-13,15,17H,7-11,14H2,1-6H3,(H2,22,23,24). The van der Waals surface area contributed by atoms with Gasteiger partial charge in [0.1, 0.15) is 0 Å². The summed E-state index contributed by atoms with van der Waals surface area (Å²) >= 11 is 0. The number of aliphatic imine (C=N–C) groups is 1. The van der Waals surface area contributed by atoms with Crippen molar-refractivity contribution in [3.05, 3.63) is 17.7 Å². The molecule has 0 amide bonds. The van der Waals surface area contributed by atoms with Crippen molar-refractivity contribution in [1.82, 2.24) is 15.5 Å². The Morgan fingerprint density at radius 1 is 1.11 bits per heavy atom. The number of ether oxygens (including phenoxy) is 3. The summed E-state index contributed by atoms with van der Waals surface area (Å²) in [4.78, 5) is 7.29. The second-order valence-corrected chi connectivity index (χ2v) is 7.28. The average Bonchev–Trinajstić information content (AvgIpc) is 2.71. The summed E-state index contributed by atoms with van der Waals surface area (Å²) in [5, 5.41) is 6.94. The van der Waals surface area contributed by atoms with Crippen LogP contribution in [0, 0.1) is 0 Å². The Balaban J connectivity index is 2.06. The van der Waals surface area contributed by atoms with Crippen molar-refractivity contribution in [2.75, 3.05) is 41.0 Å². The molecule has 1 saturated heterocycles. The van der Waals surface area contributed by atoms with E-state index < -0.39 is 0 Å². The lowest BCUT2D eigenvalue weighted by molar-refractivity contribution is 0.167. The van der Waals surface area contributed by atoms with Crippen LogP contribution in [-0.2, 0) is 6.54 Å². The van der Waals surface area contributed by atoms with Gasteiger partial charge in [-0.25, -0.2) is 4.99 Å². The fourth-order valence-corrected chi connectivity index (χ4v) is 3.47. The van der Waals surface area contributed by atoms with E-state index in [1.165, 1.54) is 0 Å². The third-order valence-corrected chi connectivity index (χ3v) is 5.09. The van der Waals surface area contributed by atoms with Crippen LogP contribution in [0.15, 0.2) is 17.1 Å². The van der Waals surface area contributed by atoms with Crippen LogP contribution in [-0.4, -0.2) is 63.9 Å². The minimum absolute atomic E-state index is 0.452. The van der Waals surface area contributed by atoms with Gasteiger partial charge in [0.15, 0.2) is 17.5 Å². The number of hydrogen-bond donors (Lipinski definition) is 2. The number of benzene rings is 1. The summed E-state index contributed by atoms with van der Waals surface area (Å²) < 4.78 is 16.3. The first-order valence-corrected chi connectivity index (χ1v) is 10.1. The molecule has 0 bridgehead atoms. The zero-order valence-corrected chi connectivity index (χ0v) is 18.2. The largest absolute Gasteiger partial charge is 0.493 e. The number of nitrogens with one attached hydrogen (secondary N) is 2. The van der Waals surface area contributed by atoms with Gasteiger partial charge in [-0.15, -0.1) is 0 Å². The Hall–Kier alpha value is -2.15. The van der Waals surface area contributed by atoms with Gasteiger partial charge in [-0.1, -0.05) is 0 Å². The van der Waals surface area contributed by atoms with Gasteiger partial charge in [-0.05, 0) is 51.3 Å². The predicted octanol–water partition coefficient (Wildman–Crippen LogP) is 2.64. The lowest BCUT2D eigenvalue weighted by atomic mass is 10.0. The Bertz CT molecular complexity index is 616. The molecule has 0 spiro atoms. The SMILES string of the molecule is CCNC(=NCc1cc(OC)c(OC)c(OC)c1)NC1CCN(C(C)C)CC1. The summed E-state index contributed by atoms with van der Waals surface area (Å²) in [6, 6.07) is 4.95. The van der Waals surface area contributed by atoms with Gasteiger partial charge in [0.05, 0.1) is 27.9 Å². The zero-order chi connectivity index (χ0) is 20.5. The molecule has 0 unspecified atom stereocenters. The first kappa shape index (κ1) is 22.1. The molecule has 0 aromatic heterocycles. The summed E-state index contributed by atoms with van der Waals surface area (Å²) in [6.07, 6.45) is 2.26. The van der Waals surface area contributed by atoms with Crippen LogP contribution in [0.25, 0.3) is 0 Å². The molecule has 28 heavy (non-hydrogen) atoms. The molecule has 0 radical (unpaired) electrons. The third-order valence-electron chi connectivity index (χ3n) is 5.09. The number of methoxy groups -OCH3 is 3. The molecule has 2 rings (SSSR count). The molecular weight excluding hydrogens is 356 g/mol. The molecule has 0 aliphatic carbocycles. The van der Waals surface area contributed by atoms with Gasteiger partial charge >= 0.3 is 0 Å². The van der Waals surface area contributed by atoms with E-state index in [-0.39, 0.29) is 0 Å². The van der Waals surface area contributed by atoms with E-state index in [1.54, 1.807) is 21.3 Å². The van der Waals surface area contributed by atoms with Crippen molar-refractivity contribution >= 4 is 5.96 Å². The lowest BCUT2D eigenvalue weighted by Crippen LogP contribution is -2.49. The molecular formula is C21H36N4O3. The van der Waals surface area contributed by atoms with Crippen molar-refractivity contribution in [2.24, 2.45) is 4.99 Å². The lowest BCUT2D eigenvalue weighted by Gasteiger charge is -2.35. The average molecular weight is 393 g/mol. The van der Waals surface area contributed by atoms with Crippen LogP contribution in [0.5, 0.6) is 17.2 Å². The molecule has 0 atom stereocenters. The molecule has 1 aliphatic heterocycles. The molecule has 7 nitrogen and oxygen atoms in total. The van der Waals surface area contributed by atoms with E-state index in [4.69, 9.17) is 19.2 Å². The summed E-state index contributed by atoms with van der Waals surface area (Å²) in [6.45, 7) is 10.2. The van der Waals surface area contributed by atoms with Gasteiger partial charge in [-0.2, -0.15) is 0 Å². The molecule has 0 saturated carbocycles. The molecule has 2 N–H and O–H groups in total. The number of piperidine rings is 1. The normalized spacial score (nSPS) is 16.2. The maximum absolute atomic E-state index is 5.44. The third kappa shape index (κ3) is 5.92. The summed E-state index contributed by atoms with van der Waals surface area (Å²) in [7, 11) is 4.86. The van der Waals surface area contributed by atoms with E-state index in [1.807, 2.05) is 12.1 Å². The summed E-state index contributed by atoms with van der Waals surface area (Å²) in [5.74, 6) is 2.73. The second-order valence-electron chi connectivity index (χ2n) is 7.28. The highest BCUT2D eigenvalue weighted by atomic mass is 16.5. The van der Waals surface area contributed by atoms with Crippen LogP contribution in [0.4, 0.5) is 0 Å². The molecule has 158 valence electrons. The van der Waals surface area contributed by atoms with Crippen LogP contribution in [0.2, 0.25) is 0 Å².